The van der Waals surface area contributed by atoms with Gasteiger partial charge in [-0.15, -0.1) is 0 Å². The molecule has 0 spiro atoms. The van der Waals surface area contributed by atoms with Crippen LogP contribution in [-0.2, 0) is 4.79 Å². The van der Waals surface area contributed by atoms with E-state index in [1.807, 2.05) is 31.2 Å². The fourth-order valence-corrected chi connectivity index (χ4v) is 2.46. The molecule has 3 rings (SSSR count). The molecular weight excluding hydrogens is 330 g/mol. The van der Waals surface area contributed by atoms with Gasteiger partial charge in [0.2, 0.25) is 5.91 Å². The Morgan fingerprint density at radius 2 is 1.85 bits per heavy atom. The zero-order valence-electron chi connectivity index (χ0n) is 14.7. The van der Waals surface area contributed by atoms with Crippen molar-refractivity contribution in [1.29, 1.82) is 0 Å². The molecule has 0 aromatic heterocycles. The minimum absolute atomic E-state index is 0.101. The van der Waals surface area contributed by atoms with E-state index in [0.717, 1.165) is 24.3 Å². The van der Waals surface area contributed by atoms with Gasteiger partial charge in [-0.2, -0.15) is 0 Å². The largest absolute Gasteiger partial charge is 0.494 e. The number of ether oxygens (including phenoxy) is 1. The van der Waals surface area contributed by atoms with Gasteiger partial charge >= 0.3 is 0 Å². The third kappa shape index (κ3) is 5.24. The number of anilines is 2. The molecule has 0 aliphatic heterocycles. The summed E-state index contributed by atoms with van der Waals surface area (Å²) in [5, 5.41) is 8.80. The summed E-state index contributed by atoms with van der Waals surface area (Å²) in [7, 11) is 0. The van der Waals surface area contributed by atoms with Crippen molar-refractivity contribution < 1.29 is 14.3 Å². The summed E-state index contributed by atoms with van der Waals surface area (Å²) in [5.41, 5.74) is 1.99. The Bertz CT molecular complexity index is 770. The van der Waals surface area contributed by atoms with E-state index in [1.54, 1.807) is 24.3 Å². The molecule has 0 unspecified atom stereocenters. The molecule has 2 aromatic rings. The number of amides is 2. The minimum Gasteiger partial charge on any atom is -0.494 e. The number of nitrogens with one attached hydrogen (secondary N) is 3. The maximum atomic E-state index is 12.1. The van der Waals surface area contributed by atoms with Crippen LogP contribution in [0.2, 0.25) is 0 Å². The lowest BCUT2D eigenvalue weighted by Crippen LogP contribution is -2.26. The molecule has 2 aromatic carbocycles. The molecule has 26 heavy (non-hydrogen) atoms. The second-order valence-corrected chi connectivity index (χ2v) is 6.19. The Morgan fingerprint density at radius 1 is 1.08 bits per heavy atom. The van der Waals surface area contributed by atoms with Gasteiger partial charge < -0.3 is 20.7 Å². The second kappa shape index (κ2) is 8.38. The Hall–Kier alpha value is -3.02. The highest BCUT2D eigenvalue weighted by Gasteiger charge is 2.23. The third-order valence-electron chi connectivity index (χ3n) is 3.94. The molecular formula is C20H23N3O3. The smallest absolute Gasteiger partial charge is 0.251 e. The Kier molecular flexibility index (Phi) is 5.73. The normalized spacial score (nSPS) is 13.0. The van der Waals surface area contributed by atoms with E-state index in [1.165, 1.54) is 0 Å². The lowest BCUT2D eigenvalue weighted by Gasteiger charge is -2.10. The van der Waals surface area contributed by atoms with Crippen molar-refractivity contribution >= 4 is 23.2 Å². The van der Waals surface area contributed by atoms with Crippen LogP contribution in [-0.4, -0.2) is 31.0 Å². The van der Waals surface area contributed by atoms with Crippen LogP contribution in [0.4, 0.5) is 11.4 Å². The minimum atomic E-state index is -0.182. The van der Waals surface area contributed by atoms with E-state index in [4.69, 9.17) is 4.74 Å². The van der Waals surface area contributed by atoms with Crippen LogP contribution in [0.3, 0.4) is 0 Å². The number of carbonyl (C=O) groups excluding carboxylic acids is 2. The SMILES string of the molecule is CCOc1ccc(NCC(=O)Nc2cccc(C(=O)NC3CC3)c2)cc1. The number of hydrogen-bond acceptors (Lipinski definition) is 4. The van der Waals surface area contributed by atoms with Crippen LogP contribution in [0.25, 0.3) is 0 Å². The van der Waals surface area contributed by atoms with Crippen molar-refractivity contribution in [3.8, 4) is 5.75 Å². The van der Waals surface area contributed by atoms with Crippen LogP contribution in [0.1, 0.15) is 30.1 Å². The summed E-state index contributed by atoms with van der Waals surface area (Å²) in [6.45, 7) is 2.68. The number of benzene rings is 2. The van der Waals surface area contributed by atoms with Gasteiger partial charge in [0.1, 0.15) is 5.75 Å². The molecule has 3 N–H and O–H groups in total. The Balaban J connectivity index is 1.50. The molecule has 1 aliphatic rings. The Labute approximate surface area is 152 Å². The first-order valence-corrected chi connectivity index (χ1v) is 8.81. The number of carbonyl (C=O) groups is 2. The monoisotopic (exact) mass is 353 g/mol. The van der Waals surface area contributed by atoms with Gasteiger partial charge in [0.15, 0.2) is 0 Å². The highest BCUT2D eigenvalue weighted by atomic mass is 16.5. The first-order chi connectivity index (χ1) is 12.6. The topological polar surface area (TPSA) is 79.5 Å². The van der Waals surface area contributed by atoms with Crippen LogP contribution in [0, 0.1) is 0 Å². The van der Waals surface area contributed by atoms with Crippen molar-refractivity contribution in [2.45, 2.75) is 25.8 Å². The van der Waals surface area contributed by atoms with E-state index >= 15 is 0 Å². The second-order valence-electron chi connectivity index (χ2n) is 6.19. The molecule has 0 heterocycles. The first kappa shape index (κ1) is 17.8. The number of hydrogen-bond donors (Lipinski definition) is 3. The predicted octanol–water partition coefficient (Wildman–Crippen LogP) is 3.03. The van der Waals surface area contributed by atoms with Crippen molar-refractivity contribution in [1.82, 2.24) is 5.32 Å². The summed E-state index contributed by atoms with van der Waals surface area (Å²) in [5.74, 6) is 0.513. The van der Waals surface area contributed by atoms with Crippen LogP contribution in [0.15, 0.2) is 48.5 Å². The lowest BCUT2D eigenvalue weighted by atomic mass is 10.2. The van der Waals surface area contributed by atoms with Gasteiger partial charge in [-0.05, 0) is 62.2 Å². The standard InChI is InChI=1S/C20H23N3O3/c1-2-26-18-10-8-15(9-11-18)21-13-19(24)22-17-5-3-4-14(12-17)20(25)23-16-6-7-16/h3-5,8-12,16,21H,2,6-7,13H2,1H3,(H,22,24)(H,23,25). The van der Waals surface area contributed by atoms with Gasteiger partial charge in [0.05, 0.1) is 13.2 Å². The van der Waals surface area contributed by atoms with Gasteiger partial charge in [-0.25, -0.2) is 0 Å². The summed E-state index contributed by atoms with van der Waals surface area (Å²) >= 11 is 0. The zero-order valence-corrected chi connectivity index (χ0v) is 14.7. The summed E-state index contributed by atoms with van der Waals surface area (Å²) < 4.78 is 5.38. The molecule has 6 nitrogen and oxygen atoms in total. The highest BCUT2D eigenvalue weighted by molar-refractivity contribution is 5.98. The molecule has 0 bridgehead atoms. The molecule has 136 valence electrons. The number of rotatable bonds is 8. The molecule has 0 radical (unpaired) electrons. The molecule has 1 saturated carbocycles. The van der Waals surface area contributed by atoms with Crippen molar-refractivity contribution in [2.24, 2.45) is 0 Å². The summed E-state index contributed by atoms with van der Waals surface area (Å²) in [6, 6.07) is 14.7. The predicted molar refractivity (Wildman–Crippen MR) is 102 cm³/mol. The van der Waals surface area contributed by atoms with Crippen molar-refractivity contribution in [3.05, 3.63) is 54.1 Å². The van der Waals surface area contributed by atoms with Gasteiger partial charge in [-0.1, -0.05) is 6.07 Å². The van der Waals surface area contributed by atoms with Crippen molar-refractivity contribution in [3.63, 3.8) is 0 Å². The van der Waals surface area contributed by atoms with Gasteiger partial charge in [-0.3, -0.25) is 9.59 Å². The quantitative estimate of drug-likeness (QED) is 0.681. The van der Waals surface area contributed by atoms with E-state index < -0.39 is 0 Å². The molecule has 2 amide bonds. The summed E-state index contributed by atoms with van der Waals surface area (Å²) in [6.07, 6.45) is 2.08. The van der Waals surface area contributed by atoms with Crippen LogP contribution in [0.5, 0.6) is 5.75 Å². The Morgan fingerprint density at radius 3 is 2.54 bits per heavy atom. The van der Waals surface area contributed by atoms with Gasteiger partial charge in [0, 0.05) is 23.0 Å². The molecule has 1 aliphatic carbocycles. The first-order valence-electron chi connectivity index (χ1n) is 8.81. The average molecular weight is 353 g/mol. The van der Waals surface area contributed by atoms with E-state index in [-0.39, 0.29) is 18.4 Å². The van der Waals surface area contributed by atoms with Crippen LogP contribution < -0.4 is 20.7 Å². The van der Waals surface area contributed by atoms with Crippen LogP contribution >= 0.6 is 0 Å². The fourth-order valence-electron chi connectivity index (χ4n) is 2.46. The van der Waals surface area contributed by atoms with E-state index in [9.17, 15) is 9.59 Å². The zero-order chi connectivity index (χ0) is 18.4. The van der Waals surface area contributed by atoms with E-state index in [2.05, 4.69) is 16.0 Å². The molecule has 0 atom stereocenters. The highest BCUT2D eigenvalue weighted by Crippen LogP contribution is 2.20. The average Bonchev–Trinajstić information content (AvgIpc) is 3.46. The molecule has 0 saturated heterocycles. The fraction of sp³-hybridized carbons (Fsp3) is 0.300. The maximum absolute atomic E-state index is 12.1. The van der Waals surface area contributed by atoms with E-state index in [0.29, 0.717) is 23.9 Å². The molecule has 1 fully saturated rings. The lowest BCUT2D eigenvalue weighted by molar-refractivity contribution is -0.114. The van der Waals surface area contributed by atoms with Gasteiger partial charge in [0.25, 0.3) is 5.91 Å². The molecule has 6 heteroatoms. The maximum Gasteiger partial charge on any atom is 0.251 e. The summed E-state index contributed by atoms with van der Waals surface area (Å²) in [4.78, 5) is 24.2. The van der Waals surface area contributed by atoms with Crippen molar-refractivity contribution in [2.75, 3.05) is 23.8 Å². The third-order valence-corrected chi connectivity index (χ3v) is 3.94.